The number of hydrogen-bond acceptors (Lipinski definition) is 4. The number of carbonyl (C=O) groups excluding carboxylic acids is 2. The molecule has 19 heavy (non-hydrogen) atoms. The molecule has 1 aromatic rings. The summed E-state index contributed by atoms with van der Waals surface area (Å²) in [6.07, 6.45) is 1.48. The van der Waals surface area contributed by atoms with E-state index in [9.17, 15) is 9.59 Å². The average molecular weight is 276 g/mol. The number of rotatable bonds is 3. The fourth-order valence-corrected chi connectivity index (χ4v) is 1.83. The van der Waals surface area contributed by atoms with Crippen LogP contribution in [0.3, 0.4) is 0 Å². The Labute approximate surface area is 115 Å². The number of benzene rings is 1. The van der Waals surface area contributed by atoms with Crippen molar-refractivity contribution < 1.29 is 14.3 Å². The standard InChI is InChI=1S/C13H12N2O3S/c1-2-18-10-6-4-3-5-8(10)7-9-11(16)14-13(19)15-12(9)17/h3-7H,2H2,1H3,(H2,14,15,16,17,19). The number of para-hydroxylation sites is 1. The summed E-state index contributed by atoms with van der Waals surface area (Å²) in [6.45, 7) is 2.37. The molecule has 0 aliphatic carbocycles. The van der Waals surface area contributed by atoms with Crippen LogP contribution in [0.2, 0.25) is 0 Å². The lowest BCUT2D eigenvalue weighted by Crippen LogP contribution is -2.51. The van der Waals surface area contributed by atoms with Gasteiger partial charge in [-0.15, -0.1) is 0 Å². The maximum absolute atomic E-state index is 11.7. The van der Waals surface area contributed by atoms with Gasteiger partial charge in [-0.25, -0.2) is 0 Å². The van der Waals surface area contributed by atoms with Crippen LogP contribution in [0.25, 0.3) is 6.08 Å². The van der Waals surface area contributed by atoms with Crippen LogP contribution in [0.5, 0.6) is 5.75 Å². The van der Waals surface area contributed by atoms with Crippen LogP contribution in [0.4, 0.5) is 0 Å². The van der Waals surface area contributed by atoms with Gasteiger partial charge in [0.15, 0.2) is 5.11 Å². The molecule has 1 aliphatic rings. The fraction of sp³-hybridized carbons (Fsp3) is 0.154. The third-order valence-corrected chi connectivity index (χ3v) is 2.67. The summed E-state index contributed by atoms with van der Waals surface area (Å²) < 4.78 is 5.44. The van der Waals surface area contributed by atoms with Gasteiger partial charge in [0.2, 0.25) is 0 Å². The molecule has 0 atom stereocenters. The predicted octanol–water partition coefficient (Wildman–Crippen LogP) is 1.000. The normalized spacial score (nSPS) is 14.8. The Morgan fingerprint density at radius 2 is 1.84 bits per heavy atom. The molecule has 0 bridgehead atoms. The van der Waals surface area contributed by atoms with Crippen LogP contribution in [-0.2, 0) is 9.59 Å². The second-order valence-electron chi connectivity index (χ2n) is 3.77. The monoisotopic (exact) mass is 276 g/mol. The Morgan fingerprint density at radius 1 is 1.21 bits per heavy atom. The van der Waals surface area contributed by atoms with E-state index in [0.29, 0.717) is 17.9 Å². The Bertz CT molecular complexity index is 559. The fourth-order valence-electron chi connectivity index (χ4n) is 1.65. The van der Waals surface area contributed by atoms with Crippen LogP contribution in [0.1, 0.15) is 12.5 Å². The number of nitrogens with one attached hydrogen (secondary N) is 2. The molecule has 2 N–H and O–H groups in total. The van der Waals surface area contributed by atoms with Gasteiger partial charge in [-0.05, 0) is 31.3 Å². The molecule has 1 heterocycles. The van der Waals surface area contributed by atoms with E-state index < -0.39 is 11.8 Å². The molecule has 98 valence electrons. The number of amides is 2. The smallest absolute Gasteiger partial charge is 0.263 e. The summed E-state index contributed by atoms with van der Waals surface area (Å²) >= 11 is 4.73. The Kier molecular flexibility index (Phi) is 3.91. The molecular formula is C13H12N2O3S. The molecule has 0 saturated carbocycles. The van der Waals surface area contributed by atoms with Crippen molar-refractivity contribution in [2.75, 3.05) is 6.61 Å². The lowest BCUT2D eigenvalue weighted by Gasteiger charge is -2.16. The summed E-state index contributed by atoms with van der Waals surface area (Å²) in [7, 11) is 0. The minimum absolute atomic E-state index is 0.000697. The molecular weight excluding hydrogens is 264 g/mol. The topological polar surface area (TPSA) is 67.4 Å². The van der Waals surface area contributed by atoms with Crippen LogP contribution in [0.15, 0.2) is 29.8 Å². The van der Waals surface area contributed by atoms with Gasteiger partial charge >= 0.3 is 0 Å². The van der Waals surface area contributed by atoms with Crippen molar-refractivity contribution in [3.8, 4) is 5.75 Å². The molecule has 2 amide bonds. The summed E-state index contributed by atoms with van der Waals surface area (Å²) in [5.74, 6) is -0.411. The lowest BCUT2D eigenvalue weighted by molar-refractivity contribution is -0.123. The molecule has 2 rings (SSSR count). The van der Waals surface area contributed by atoms with Crippen LogP contribution in [-0.4, -0.2) is 23.5 Å². The predicted molar refractivity (Wildman–Crippen MR) is 74.5 cm³/mol. The molecule has 6 heteroatoms. The van der Waals surface area contributed by atoms with Crippen LogP contribution in [0, 0.1) is 0 Å². The van der Waals surface area contributed by atoms with Gasteiger partial charge in [-0.2, -0.15) is 0 Å². The van der Waals surface area contributed by atoms with Gasteiger partial charge in [-0.3, -0.25) is 20.2 Å². The molecule has 5 nitrogen and oxygen atoms in total. The Balaban J connectivity index is 2.37. The van der Waals surface area contributed by atoms with E-state index >= 15 is 0 Å². The first-order valence-electron chi connectivity index (χ1n) is 5.72. The lowest BCUT2D eigenvalue weighted by atomic mass is 10.1. The first-order valence-corrected chi connectivity index (χ1v) is 6.13. The van der Waals surface area contributed by atoms with E-state index in [2.05, 4.69) is 10.6 Å². The van der Waals surface area contributed by atoms with Crippen molar-refractivity contribution in [1.82, 2.24) is 10.6 Å². The maximum atomic E-state index is 11.7. The van der Waals surface area contributed by atoms with E-state index in [1.54, 1.807) is 18.2 Å². The molecule has 0 spiro atoms. The van der Waals surface area contributed by atoms with Crippen molar-refractivity contribution in [3.63, 3.8) is 0 Å². The van der Waals surface area contributed by atoms with E-state index in [4.69, 9.17) is 17.0 Å². The van der Waals surface area contributed by atoms with Gasteiger partial charge < -0.3 is 4.74 Å². The molecule has 0 aromatic heterocycles. The highest BCUT2D eigenvalue weighted by Gasteiger charge is 2.25. The highest BCUT2D eigenvalue weighted by atomic mass is 32.1. The zero-order chi connectivity index (χ0) is 13.8. The highest BCUT2D eigenvalue weighted by molar-refractivity contribution is 7.80. The zero-order valence-corrected chi connectivity index (χ0v) is 11.0. The Morgan fingerprint density at radius 3 is 2.47 bits per heavy atom. The average Bonchev–Trinajstić information content (AvgIpc) is 2.36. The first kappa shape index (κ1) is 13.2. The van der Waals surface area contributed by atoms with E-state index in [1.807, 2.05) is 13.0 Å². The quantitative estimate of drug-likeness (QED) is 0.491. The summed E-state index contributed by atoms with van der Waals surface area (Å²) in [6, 6.07) is 7.17. The van der Waals surface area contributed by atoms with Crippen molar-refractivity contribution in [3.05, 3.63) is 35.4 Å². The van der Waals surface area contributed by atoms with Crippen molar-refractivity contribution in [2.24, 2.45) is 0 Å². The minimum Gasteiger partial charge on any atom is -0.493 e. The zero-order valence-electron chi connectivity index (χ0n) is 10.2. The van der Waals surface area contributed by atoms with Gasteiger partial charge in [0, 0.05) is 5.56 Å². The molecule has 0 radical (unpaired) electrons. The largest absolute Gasteiger partial charge is 0.493 e. The summed E-state index contributed by atoms with van der Waals surface area (Å²) in [5, 5.41) is 4.78. The third kappa shape index (κ3) is 2.97. The second-order valence-corrected chi connectivity index (χ2v) is 4.17. The Hall–Kier alpha value is -2.21. The number of thiocarbonyl (C=S) groups is 1. The summed E-state index contributed by atoms with van der Waals surface area (Å²) in [4.78, 5) is 23.4. The van der Waals surface area contributed by atoms with Crippen LogP contribution >= 0.6 is 12.2 Å². The molecule has 1 saturated heterocycles. The van der Waals surface area contributed by atoms with Crippen molar-refractivity contribution in [2.45, 2.75) is 6.92 Å². The second kappa shape index (κ2) is 5.62. The molecule has 0 unspecified atom stereocenters. The number of ether oxygens (including phenoxy) is 1. The highest BCUT2D eigenvalue weighted by Crippen LogP contribution is 2.21. The molecule has 1 aliphatic heterocycles. The number of hydrogen-bond donors (Lipinski definition) is 2. The van der Waals surface area contributed by atoms with E-state index in [-0.39, 0.29) is 10.7 Å². The van der Waals surface area contributed by atoms with Crippen molar-refractivity contribution in [1.29, 1.82) is 0 Å². The van der Waals surface area contributed by atoms with Crippen LogP contribution < -0.4 is 15.4 Å². The SMILES string of the molecule is CCOc1ccccc1C=C1C(=O)NC(=S)NC1=O. The van der Waals surface area contributed by atoms with E-state index in [1.165, 1.54) is 6.08 Å². The third-order valence-electron chi connectivity index (χ3n) is 2.46. The van der Waals surface area contributed by atoms with Gasteiger partial charge in [0.1, 0.15) is 11.3 Å². The summed E-state index contributed by atoms with van der Waals surface area (Å²) in [5.41, 5.74) is 0.665. The molecule has 1 fully saturated rings. The minimum atomic E-state index is -0.514. The van der Waals surface area contributed by atoms with Gasteiger partial charge in [0.05, 0.1) is 6.61 Å². The van der Waals surface area contributed by atoms with Crippen molar-refractivity contribution >= 4 is 35.2 Å². The number of carbonyl (C=O) groups is 2. The first-order chi connectivity index (χ1) is 9.11. The maximum Gasteiger partial charge on any atom is 0.263 e. The van der Waals surface area contributed by atoms with Gasteiger partial charge in [0.25, 0.3) is 11.8 Å². The molecule has 1 aromatic carbocycles. The van der Waals surface area contributed by atoms with Gasteiger partial charge in [-0.1, -0.05) is 18.2 Å². The van der Waals surface area contributed by atoms with E-state index in [0.717, 1.165) is 0 Å².